The van der Waals surface area contributed by atoms with Gasteiger partial charge in [-0.25, -0.2) is 9.97 Å². The van der Waals surface area contributed by atoms with E-state index in [1.54, 1.807) is 6.07 Å². The second-order valence-corrected chi connectivity index (χ2v) is 5.05. The van der Waals surface area contributed by atoms with Crippen LogP contribution in [0.5, 0.6) is 0 Å². The second kappa shape index (κ2) is 5.44. The molecule has 0 atom stereocenters. The van der Waals surface area contributed by atoms with Crippen molar-refractivity contribution in [3.05, 3.63) is 23.8 Å². The number of hydrogen-bond acceptors (Lipinski definition) is 4. The average Bonchev–Trinajstić information content (AvgIpc) is 2.32. The Balaban J connectivity index is 1.92. The third-order valence-corrected chi connectivity index (χ3v) is 3.72. The maximum atomic E-state index is 11.9. The highest BCUT2D eigenvalue weighted by Crippen LogP contribution is 2.43. The number of aliphatic hydroxyl groups excluding tert-OH is 1. The smallest absolute Gasteiger partial charge is 0.270 e. The van der Waals surface area contributed by atoms with Crippen LogP contribution in [0.2, 0.25) is 0 Å². The van der Waals surface area contributed by atoms with Gasteiger partial charge in [0.1, 0.15) is 12.0 Å². The number of nitrogens with zero attached hydrogens (tertiary/aromatic N) is 2. The summed E-state index contributed by atoms with van der Waals surface area (Å²) >= 11 is 0. The van der Waals surface area contributed by atoms with E-state index in [2.05, 4.69) is 15.3 Å². The maximum absolute atomic E-state index is 11.9. The van der Waals surface area contributed by atoms with Crippen LogP contribution >= 0.6 is 0 Å². The normalized spacial score (nSPS) is 17.0. The molecule has 0 spiro atoms. The number of amides is 1. The Labute approximate surface area is 107 Å². The van der Waals surface area contributed by atoms with Gasteiger partial charge in [-0.1, -0.05) is 6.42 Å². The molecular weight excluding hydrogens is 230 g/mol. The van der Waals surface area contributed by atoms with Crippen LogP contribution in [-0.4, -0.2) is 34.1 Å². The lowest BCUT2D eigenvalue weighted by atomic mass is 9.67. The van der Waals surface area contributed by atoms with Crippen LogP contribution in [0.1, 0.15) is 41.9 Å². The fraction of sp³-hybridized carbons (Fsp3) is 0.615. The zero-order valence-electron chi connectivity index (χ0n) is 10.6. The number of aryl methyl sites for hydroxylation is 1. The van der Waals surface area contributed by atoms with E-state index in [1.165, 1.54) is 12.7 Å². The first-order valence-corrected chi connectivity index (χ1v) is 6.33. The van der Waals surface area contributed by atoms with Crippen LogP contribution in [0.4, 0.5) is 0 Å². The first-order valence-electron chi connectivity index (χ1n) is 6.33. The molecule has 5 heteroatoms. The molecule has 98 valence electrons. The zero-order chi connectivity index (χ0) is 13.0. The van der Waals surface area contributed by atoms with E-state index >= 15 is 0 Å². The molecule has 1 aliphatic carbocycles. The van der Waals surface area contributed by atoms with Crippen molar-refractivity contribution in [2.24, 2.45) is 5.41 Å². The van der Waals surface area contributed by atoms with E-state index in [0.717, 1.165) is 25.0 Å². The van der Waals surface area contributed by atoms with Crippen LogP contribution in [0, 0.1) is 12.3 Å². The Morgan fingerprint density at radius 2 is 2.28 bits per heavy atom. The van der Waals surface area contributed by atoms with Gasteiger partial charge in [-0.2, -0.15) is 0 Å². The summed E-state index contributed by atoms with van der Waals surface area (Å²) in [6.45, 7) is 2.63. The number of aliphatic hydroxyl groups is 1. The van der Waals surface area contributed by atoms with Gasteiger partial charge >= 0.3 is 0 Å². The number of rotatable bonds is 5. The molecule has 1 aromatic heterocycles. The Morgan fingerprint density at radius 3 is 2.83 bits per heavy atom. The average molecular weight is 249 g/mol. The van der Waals surface area contributed by atoms with Crippen molar-refractivity contribution in [1.82, 2.24) is 15.3 Å². The van der Waals surface area contributed by atoms with Crippen molar-refractivity contribution in [2.75, 3.05) is 13.2 Å². The lowest BCUT2D eigenvalue weighted by Crippen LogP contribution is -2.42. The molecule has 1 saturated carbocycles. The second-order valence-electron chi connectivity index (χ2n) is 5.05. The monoisotopic (exact) mass is 249 g/mol. The van der Waals surface area contributed by atoms with Crippen molar-refractivity contribution < 1.29 is 9.90 Å². The summed E-state index contributed by atoms with van der Waals surface area (Å²) in [5.74, 6) is -0.162. The maximum Gasteiger partial charge on any atom is 0.270 e. The Kier molecular flexibility index (Phi) is 3.91. The minimum Gasteiger partial charge on any atom is -0.396 e. The summed E-state index contributed by atoms with van der Waals surface area (Å²) in [5, 5.41) is 12.0. The van der Waals surface area contributed by atoms with Crippen molar-refractivity contribution >= 4 is 5.91 Å². The SMILES string of the molecule is Cc1cc(C(=O)NCC2(CCO)CCC2)ncn1. The van der Waals surface area contributed by atoms with E-state index in [0.29, 0.717) is 12.2 Å². The number of aromatic nitrogens is 2. The third-order valence-electron chi connectivity index (χ3n) is 3.72. The fourth-order valence-electron chi connectivity index (χ4n) is 2.37. The first kappa shape index (κ1) is 13.0. The molecule has 1 fully saturated rings. The first-order chi connectivity index (χ1) is 8.65. The molecule has 1 aliphatic rings. The number of carbonyl (C=O) groups excluding carboxylic acids is 1. The summed E-state index contributed by atoms with van der Waals surface area (Å²) < 4.78 is 0. The molecule has 0 saturated heterocycles. The molecule has 1 heterocycles. The Bertz CT molecular complexity index is 430. The van der Waals surface area contributed by atoms with E-state index < -0.39 is 0 Å². The number of hydrogen-bond donors (Lipinski definition) is 2. The summed E-state index contributed by atoms with van der Waals surface area (Å²) in [5.41, 5.74) is 1.29. The van der Waals surface area contributed by atoms with Crippen LogP contribution in [0.3, 0.4) is 0 Å². The molecule has 0 unspecified atom stereocenters. The largest absolute Gasteiger partial charge is 0.396 e. The molecule has 0 radical (unpaired) electrons. The van der Waals surface area contributed by atoms with Crippen LogP contribution in [-0.2, 0) is 0 Å². The summed E-state index contributed by atoms with van der Waals surface area (Å²) in [6, 6.07) is 1.68. The van der Waals surface area contributed by atoms with Gasteiger partial charge in [0.2, 0.25) is 0 Å². The van der Waals surface area contributed by atoms with Crippen molar-refractivity contribution in [1.29, 1.82) is 0 Å². The van der Waals surface area contributed by atoms with E-state index in [4.69, 9.17) is 5.11 Å². The van der Waals surface area contributed by atoms with Gasteiger partial charge in [0, 0.05) is 18.8 Å². The van der Waals surface area contributed by atoms with Gasteiger partial charge in [-0.15, -0.1) is 0 Å². The van der Waals surface area contributed by atoms with Gasteiger partial charge in [-0.3, -0.25) is 4.79 Å². The van der Waals surface area contributed by atoms with Crippen molar-refractivity contribution in [3.63, 3.8) is 0 Å². The molecule has 2 N–H and O–H groups in total. The number of nitrogens with one attached hydrogen (secondary N) is 1. The summed E-state index contributed by atoms with van der Waals surface area (Å²) in [4.78, 5) is 19.8. The highest BCUT2D eigenvalue weighted by atomic mass is 16.3. The van der Waals surface area contributed by atoms with Crippen LogP contribution in [0.15, 0.2) is 12.4 Å². The fourth-order valence-corrected chi connectivity index (χ4v) is 2.37. The standard InChI is InChI=1S/C13H19N3O2/c1-10-7-11(16-9-15-10)12(18)14-8-13(5-6-17)3-2-4-13/h7,9,17H,2-6,8H2,1H3,(H,14,18). The lowest BCUT2D eigenvalue weighted by Gasteiger charge is -2.41. The van der Waals surface area contributed by atoms with Crippen molar-refractivity contribution in [3.8, 4) is 0 Å². The molecule has 5 nitrogen and oxygen atoms in total. The predicted molar refractivity (Wildman–Crippen MR) is 67.1 cm³/mol. The highest BCUT2D eigenvalue weighted by Gasteiger charge is 2.36. The van der Waals surface area contributed by atoms with Crippen LogP contribution in [0.25, 0.3) is 0 Å². The molecule has 18 heavy (non-hydrogen) atoms. The summed E-state index contributed by atoms with van der Waals surface area (Å²) in [6.07, 6.45) is 5.50. The topological polar surface area (TPSA) is 75.1 Å². The molecule has 0 aromatic carbocycles. The van der Waals surface area contributed by atoms with Gasteiger partial charge < -0.3 is 10.4 Å². The minimum atomic E-state index is -0.162. The molecule has 1 amide bonds. The van der Waals surface area contributed by atoms with Crippen molar-refractivity contribution in [2.45, 2.75) is 32.6 Å². The van der Waals surface area contributed by atoms with Gasteiger partial charge in [0.15, 0.2) is 0 Å². The van der Waals surface area contributed by atoms with E-state index in [-0.39, 0.29) is 17.9 Å². The number of carbonyl (C=O) groups is 1. The quantitative estimate of drug-likeness (QED) is 0.818. The van der Waals surface area contributed by atoms with Gasteiger partial charge in [0.05, 0.1) is 0 Å². The van der Waals surface area contributed by atoms with Gasteiger partial charge in [-0.05, 0) is 37.7 Å². The third kappa shape index (κ3) is 2.85. The Hall–Kier alpha value is -1.49. The van der Waals surface area contributed by atoms with E-state index in [9.17, 15) is 4.79 Å². The van der Waals surface area contributed by atoms with Gasteiger partial charge in [0.25, 0.3) is 5.91 Å². The van der Waals surface area contributed by atoms with Crippen LogP contribution < -0.4 is 5.32 Å². The molecule has 2 rings (SSSR count). The zero-order valence-corrected chi connectivity index (χ0v) is 10.6. The molecular formula is C13H19N3O2. The van der Waals surface area contributed by atoms with E-state index in [1.807, 2.05) is 6.92 Å². The Morgan fingerprint density at radius 1 is 1.50 bits per heavy atom. The highest BCUT2D eigenvalue weighted by molar-refractivity contribution is 5.92. The predicted octanol–water partition coefficient (Wildman–Crippen LogP) is 1.07. The molecule has 0 aliphatic heterocycles. The summed E-state index contributed by atoms with van der Waals surface area (Å²) in [7, 11) is 0. The minimum absolute atomic E-state index is 0.104. The molecule has 1 aromatic rings. The lowest BCUT2D eigenvalue weighted by molar-refractivity contribution is 0.0729. The molecule has 0 bridgehead atoms.